The second-order valence-electron chi connectivity index (χ2n) is 6.28. The monoisotopic (exact) mass is 342 g/mol. The number of hydrogen-bond donors (Lipinski definition) is 2. The maximum Gasteiger partial charge on any atom is 0.260 e. The highest BCUT2D eigenvalue weighted by atomic mass is 16.5. The van der Waals surface area contributed by atoms with Gasteiger partial charge in [0.1, 0.15) is 11.4 Å². The van der Waals surface area contributed by atoms with Gasteiger partial charge in [0.15, 0.2) is 0 Å². The van der Waals surface area contributed by atoms with Crippen LogP contribution < -0.4 is 15.8 Å². The van der Waals surface area contributed by atoms with Crippen LogP contribution in [0.15, 0.2) is 41.5 Å². The van der Waals surface area contributed by atoms with E-state index < -0.39 is 11.5 Å². The van der Waals surface area contributed by atoms with Gasteiger partial charge >= 0.3 is 0 Å². The Bertz CT molecular complexity index is 777. The number of rotatable bonds is 4. The molecular weight excluding hydrogens is 320 g/mol. The van der Waals surface area contributed by atoms with E-state index in [1.807, 2.05) is 12.1 Å². The third-order valence-corrected chi connectivity index (χ3v) is 4.07. The van der Waals surface area contributed by atoms with E-state index >= 15 is 0 Å². The highest BCUT2D eigenvalue weighted by molar-refractivity contribution is 5.93. The standard InChI is InChI=1S/C18H22N4O3/c1-12-10-22(11-13(2)25-12)16-6-5-14(8-20-16)9-21-18(24)15-4-3-7-19-17(15)23/h3-8,12-13H,9-11H2,1-2H3,(H,19,23)(H,21,24)/t12-,13-/m1/s1. The van der Waals surface area contributed by atoms with Crippen LogP contribution >= 0.6 is 0 Å². The average molecular weight is 342 g/mol. The van der Waals surface area contributed by atoms with Crippen molar-refractivity contribution in [3.05, 3.63) is 58.1 Å². The summed E-state index contributed by atoms with van der Waals surface area (Å²) < 4.78 is 5.73. The molecule has 0 saturated carbocycles. The second kappa shape index (κ2) is 7.48. The number of aromatic nitrogens is 2. The lowest BCUT2D eigenvalue weighted by Gasteiger charge is -2.36. The number of aromatic amines is 1. The molecule has 2 N–H and O–H groups in total. The van der Waals surface area contributed by atoms with Gasteiger partial charge in [0, 0.05) is 32.0 Å². The molecule has 1 fully saturated rings. The fourth-order valence-electron chi connectivity index (χ4n) is 2.95. The molecule has 0 unspecified atom stereocenters. The molecule has 1 amide bonds. The van der Waals surface area contributed by atoms with E-state index in [1.165, 1.54) is 12.3 Å². The van der Waals surface area contributed by atoms with Crippen molar-refractivity contribution >= 4 is 11.7 Å². The third kappa shape index (κ3) is 4.24. The Balaban J connectivity index is 1.60. The van der Waals surface area contributed by atoms with Crippen LogP contribution in [0.5, 0.6) is 0 Å². The summed E-state index contributed by atoms with van der Waals surface area (Å²) in [5.74, 6) is 0.498. The molecule has 0 aliphatic carbocycles. The summed E-state index contributed by atoms with van der Waals surface area (Å²) in [5, 5.41) is 2.74. The van der Waals surface area contributed by atoms with Gasteiger partial charge in [-0.15, -0.1) is 0 Å². The summed E-state index contributed by atoms with van der Waals surface area (Å²) in [7, 11) is 0. The van der Waals surface area contributed by atoms with Crippen molar-refractivity contribution in [1.29, 1.82) is 0 Å². The van der Waals surface area contributed by atoms with Gasteiger partial charge in [0.05, 0.1) is 12.2 Å². The molecule has 1 aliphatic rings. The van der Waals surface area contributed by atoms with Crippen molar-refractivity contribution in [2.24, 2.45) is 0 Å². The molecule has 0 bridgehead atoms. The van der Waals surface area contributed by atoms with E-state index in [4.69, 9.17) is 4.74 Å². The maximum absolute atomic E-state index is 12.1. The molecule has 25 heavy (non-hydrogen) atoms. The topological polar surface area (TPSA) is 87.3 Å². The molecule has 0 radical (unpaired) electrons. The fraction of sp³-hybridized carbons (Fsp3) is 0.389. The van der Waals surface area contributed by atoms with E-state index in [0.717, 1.165) is 24.5 Å². The highest BCUT2D eigenvalue weighted by Gasteiger charge is 2.23. The molecule has 7 heteroatoms. The highest BCUT2D eigenvalue weighted by Crippen LogP contribution is 2.18. The number of H-pyrrole nitrogens is 1. The number of ether oxygens (including phenoxy) is 1. The third-order valence-electron chi connectivity index (χ3n) is 4.07. The van der Waals surface area contributed by atoms with Crippen LogP contribution in [0.1, 0.15) is 29.8 Å². The number of carbonyl (C=O) groups excluding carboxylic acids is 1. The smallest absolute Gasteiger partial charge is 0.260 e. The molecule has 2 aromatic rings. The van der Waals surface area contributed by atoms with Crippen LogP contribution in [0.25, 0.3) is 0 Å². The summed E-state index contributed by atoms with van der Waals surface area (Å²) >= 11 is 0. The SMILES string of the molecule is C[C@@H]1CN(c2ccc(CNC(=O)c3ccc[nH]c3=O)cn2)C[C@@H](C)O1. The number of nitrogens with zero attached hydrogens (tertiary/aromatic N) is 2. The lowest BCUT2D eigenvalue weighted by Crippen LogP contribution is -2.45. The fourth-order valence-corrected chi connectivity index (χ4v) is 2.95. The summed E-state index contributed by atoms with van der Waals surface area (Å²) in [6.07, 6.45) is 3.59. The Morgan fingerprint density at radius 3 is 2.72 bits per heavy atom. The van der Waals surface area contributed by atoms with Crippen LogP contribution in [0, 0.1) is 0 Å². The van der Waals surface area contributed by atoms with Gasteiger partial charge in [-0.1, -0.05) is 6.07 Å². The van der Waals surface area contributed by atoms with Crippen molar-refractivity contribution in [1.82, 2.24) is 15.3 Å². The zero-order valence-electron chi connectivity index (χ0n) is 14.4. The zero-order valence-corrected chi connectivity index (χ0v) is 14.4. The van der Waals surface area contributed by atoms with E-state index in [9.17, 15) is 9.59 Å². The number of anilines is 1. The molecule has 3 heterocycles. The predicted octanol–water partition coefficient (Wildman–Crippen LogP) is 1.31. The van der Waals surface area contributed by atoms with E-state index in [0.29, 0.717) is 6.54 Å². The van der Waals surface area contributed by atoms with Gasteiger partial charge in [0.2, 0.25) is 0 Å². The van der Waals surface area contributed by atoms with Crippen molar-refractivity contribution in [2.75, 3.05) is 18.0 Å². The van der Waals surface area contributed by atoms with Gasteiger partial charge in [-0.05, 0) is 37.6 Å². The van der Waals surface area contributed by atoms with Crippen molar-refractivity contribution in [3.8, 4) is 0 Å². The first kappa shape index (κ1) is 17.2. The minimum atomic E-state index is -0.401. The van der Waals surface area contributed by atoms with Crippen LogP contribution in [0.2, 0.25) is 0 Å². The minimum Gasteiger partial charge on any atom is -0.372 e. The number of amides is 1. The number of nitrogens with one attached hydrogen (secondary N) is 2. The van der Waals surface area contributed by atoms with Crippen molar-refractivity contribution in [2.45, 2.75) is 32.6 Å². The summed E-state index contributed by atoms with van der Waals surface area (Å²) in [5.41, 5.74) is 0.575. The first-order valence-corrected chi connectivity index (χ1v) is 8.34. The largest absolute Gasteiger partial charge is 0.372 e. The summed E-state index contributed by atoms with van der Waals surface area (Å²) in [6.45, 7) is 6.04. The Morgan fingerprint density at radius 2 is 2.08 bits per heavy atom. The van der Waals surface area contributed by atoms with E-state index in [-0.39, 0.29) is 17.8 Å². The first-order chi connectivity index (χ1) is 12.0. The number of hydrogen-bond acceptors (Lipinski definition) is 5. The molecule has 3 rings (SSSR count). The Hall–Kier alpha value is -2.67. The molecule has 1 aliphatic heterocycles. The molecule has 0 spiro atoms. The number of morpholine rings is 1. The number of pyridine rings is 2. The molecule has 132 valence electrons. The molecule has 2 atom stereocenters. The minimum absolute atomic E-state index is 0.100. The molecule has 2 aromatic heterocycles. The van der Waals surface area contributed by atoms with E-state index in [1.54, 1.807) is 12.3 Å². The summed E-state index contributed by atoms with van der Waals surface area (Å²) in [4.78, 5) is 32.8. The van der Waals surface area contributed by atoms with Gasteiger partial charge in [0.25, 0.3) is 11.5 Å². The number of carbonyl (C=O) groups is 1. The van der Waals surface area contributed by atoms with Gasteiger partial charge in [-0.3, -0.25) is 9.59 Å². The molecular formula is C18H22N4O3. The average Bonchev–Trinajstić information content (AvgIpc) is 2.60. The predicted molar refractivity (Wildman–Crippen MR) is 94.7 cm³/mol. The Morgan fingerprint density at radius 1 is 1.32 bits per heavy atom. The van der Waals surface area contributed by atoms with E-state index in [2.05, 4.69) is 34.0 Å². The van der Waals surface area contributed by atoms with Gasteiger partial charge in [-0.2, -0.15) is 0 Å². The lowest BCUT2D eigenvalue weighted by molar-refractivity contribution is -0.00546. The first-order valence-electron chi connectivity index (χ1n) is 8.34. The zero-order chi connectivity index (χ0) is 17.8. The van der Waals surface area contributed by atoms with Gasteiger partial charge in [-0.25, -0.2) is 4.98 Å². The van der Waals surface area contributed by atoms with Crippen LogP contribution in [-0.4, -0.2) is 41.2 Å². The molecule has 0 aromatic carbocycles. The summed E-state index contributed by atoms with van der Waals surface area (Å²) in [6, 6.07) is 7.00. The van der Waals surface area contributed by atoms with Crippen molar-refractivity contribution in [3.63, 3.8) is 0 Å². The maximum atomic E-state index is 12.1. The van der Waals surface area contributed by atoms with Crippen LogP contribution in [0.4, 0.5) is 5.82 Å². The van der Waals surface area contributed by atoms with Gasteiger partial charge < -0.3 is 19.9 Å². The normalized spacial score (nSPS) is 20.3. The second-order valence-corrected chi connectivity index (χ2v) is 6.28. The quantitative estimate of drug-likeness (QED) is 0.875. The van der Waals surface area contributed by atoms with Crippen molar-refractivity contribution < 1.29 is 9.53 Å². The Kier molecular flexibility index (Phi) is 5.14. The molecule has 1 saturated heterocycles. The Labute approximate surface area is 146 Å². The molecule has 7 nitrogen and oxygen atoms in total. The van der Waals surface area contributed by atoms with Crippen LogP contribution in [0.3, 0.4) is 0 Å². The van der Waals surface area contributed by atoms with Crippen LogP contribution in [-0.2, 0) is 11.3 Å². The lowest BCUT2D eigenvalue weighted by atomic mass is 10.2.